The summed E-state index contributed by atoms with van der Waals surface area (Å²) in [5.74, 6) is -0.283. The molecule has 0 spiro atoms. The fraction of sp³-hybridized carbons (Fsp3) is 0.208. The summed E-state index contributed by atoms with van der Waals surface area (Å²) in [5.41, 5.74) is 4.38. The molecule has 0 atom stereocenters. The van der Waals surface area contributed by atoms with Gasteiger partial charge >= 0.3 is 0 Å². The first kappa shape index (κ1) is 19.1. The number of aromatic amines is 1. The molecule has 0 saturated carbocycles. The molecule has 5 rings (SSSR count). The Hall–Kier alpha value is -3.87. The summed E-state index contributed by atoms with van der Waals surface area (Å²) in [6.07, 6.45) is 3.52. The number of benzene rings is 2. The standard InChI is InChI=1S/C24H23N5O2/c1-2-13-28-20-9-5-6-10-21(20)29-22(24(28)31)14-19(27-29)23(30)25-12-11-16-15-26-18-8-4-3-7-17(16)18/h3-10,14-15,26H,2,11-13H2,1H3,(H,25,30). The highest BCUT2D eigenvalue weighted by Crippen LogP contribution is 2.18. The summed E-state index contributed by atoms with van der Waals surface area (Å²) in [6, 6.07) is 17.3. The van der Waals surface area contributed by atoms with Gasteiger partial charge in [0.05, 0.1) is 11.0 Å². The molecule has 5 aromatic rings. The molecule has 0 aliphatic carbocycles. The van der Waals surface area contributed by atoms with Gasteiger partial charge in [0.15, 0.2) is 5.69 Å². The Morgan fingerprint density at radius 3 is 2.68 bits per heavy atom. The molecule has 3 heterocycles. The van der Waals surface area contributed by atoms with E-state index in [9.17, 15) is 9.59 Å². The lowest BCUT2D eigenvalue weighted by Crippen LogP contribution is -2.26. The molecule has 2 N–H and O–H groups in total. The molecule has 7 nitrogen and oxygen atoms in total. The lowest BCUT2D eigenvalue weighted by Gasteiger charge is -2.10. The van der Waals surface area contributed by atoms with Crippen molar-refractivity contribution < 1.29 is 4.79 Å². The van der Waals surface area contributed by atoms with Crippen LogP contribution >= 0.6 is 0 Å². The van der Waals surface area contributed by atoms with E-state index in [1.54, 1.807) is 15.1 Å². The van der Waals surface area contributed by atoms with Gasteiger partial charge in [-0.05, 0) is 36.6 Å². The Kier molecular flexibility index (Phi) is 4.78. The quantitative estimate of drug-likeness (QED) is 0.447. The molecule has 2 aromatic carbocycles. The topological polar surface area (TPSA) is 84.2 Å². The normalized spacial score (nSPS) is 11.5. The van der Waals surface area contributed by atoms with Gasteiger partial charge < -0.3 is 14.9 Å². The summed E-state index contributed by atoms with van der Waals surface area (Å²) in [4.78, 5) is 29.0. The second-order valence-corrected chi connectivity index (χ2v) is 7.64. The van der Waals surface area contributed by atoms with E-state index in [-0.39, 0.29) is 17.2 Å². The molecule has 0 unspecified atom stereocenters. The van der Waals surface area contributed by atoms with E-state index in [2.05, 4.69) is 21.5 Å². The molecular formula is C24H23N5O2. The zero-order chi connectivity index (χ0) is 21.4. The SMILES string of the molecule is CCCn1c(=O)c2cc(C(=O)NCCc3c[nH]c4ccccc34)nn2c2ccccc21. The van der Waals surface area contributed by atoms with Gasteiger partial charge in [-0.25, -0.2) is 4.52 Å². The first-order chi connectivity index (χ1) is 15.2. The largest absolute Gasteiger partial charge is 0.361 e. The first-order valence-electron chi connectivity index (χ1n) is 10.5. The number of fused-ring (bicyclic) bond motifs is 4. The second-order valence-electron chi connectivity index (χ2n) is 7.64. The average Bonchev–Trinajstić information content (AvgIpc) is 3.42. The van der Waals surface area contributed by atoms with Crippen LogP contribution in [0, 0.1) is 0 Å². The Balaban J connectivity index is 1.42. The second kappa shape index (κ2) is 7.75. The summed E-state index contributed by atoms with van der Waals surface area (Å²) in [7, 11) is 0. The minimum absolute atomic E-state index is 0.133. The number of para-hydroxylation sites is 3. The number of nitrogens with zero attached hydrogens (tertiary/aromatic N) is 3. The predicted octanol–water partition coefficient (Wildman–Crippen LogP) is 3.51. The summed E-state index contributed by atoms with van der Waals surface area (Å²) in [6.45, 7) is 3.14. The van der Waals surface area contributed by atoms with E-state index >= 15 is 0 Å². The highest BCUT2D eigenvalue weighted by molar-refractivity contribution is 5.94. The van der Waals surface area contributed by atoms with Crippen LogP contribution in [-0.4, -0.2) is 31.6 Å². The lowest BCUT2D eigenvalue weighted by atomic mass is 10.1. The van der Waals surface area contributed by atoms with Crippen LogP contribution in [0.1, 0.15) is 29.4 Å². The van der Waals surface area contributed by atoms with Crippen molar-refractivity contribution in [3.63, 3.8) is 0 Å². The summed E-state index contributed by atoms with van der Waals surface area (Å²) < 4.78 is 3.34. The maximum absolute atomic E-state index is 13.0. The highest BCUT2D eigenvalue weighted by Gasteiger charge is 2.17. The number of H-pyrrole nitrogens is 1. The van der Waals surface area contributed by atoms with Crippen molar-refractivity contribution in [1.82, 2.24) is 24.5 Å². The van der Waals surface area contributed by atoms with Crippen LogP contribution in [0.4, 0.5) is 0 Å². The third-order valence-corrected chi connectivity index (χ3v) is 5.61. The molecule has 31 heavy (non-hydrogen) atoms. The highest BCUT2D eigenvalue weighted by atomic mass is 16.2. The molecule has 156 valence electrons. The number of aromatic nitrogens is 4. The predicted molar refractivity (Wildman–Crippen MR) is 122 cm³/mol. The van der Waals surface area contributed by atoms with Crippen molar-refractivity contribution >= 4 is 33.4 Å². The van der Waals surface area contributed by atoms with Gasteiger partial charge in [-0.1, -0.05) is 37.3 Å². The van der Waals surface area contributed by atoms with E-state index in [1.807, 2.05) is 55.6 Å². The molecule has 1 amide bonds. The van der Waals surface area contributed by atoms with Crippen LogP contribution in [0.25, 0.3) is 27.5 Å². The number of amides is 1. The number of carbonyl (C=O) groups excluding carboxylic acids is 1. The van der Waals surface area contributed by atoms with Gasteiger partial charge in [0.25, 0.3) is 11.5 Å². The molecule has 0 saturated heterocycles. The molecular weight excluding hydrogens is 390 g/mol. The van der Waals surface area contributed by atoms with Gasteiger partial charge in [0.2, 0.25) is 0 Å². The van der Waals surface area contributed by atoms with Crippen LogP contribution in [-0.2, 0) is 13.0 Å². The minimum Gasteiger partial charge on any atom is -0.361 e. The molecule has 0 aliphatic rings. The number of rotatable bonds is 6. The Morgan fingerprint density at radius 2 is 1.84 bits per heavy atom. The first-order valence-corrected chi connectivity index (χ1v) is 10.5. The van der Waals surface area contributed by atoms with Crippen molar-refractivity contribution in [3.05, 3.63) is 82.4 Å². The number of nitrogens with one attached hydrogen (secondary N) is 2. The van der Waals surface area contributed by atoms with Gasteiger partial charge in [0.1, 0.15) is 5.52 Å². The molecule has 0 aliphatic heterocycles. The van der Waals surface area contributed by atoms with Crippen molar-refractivity contribution in [2.75, 3.05) is 6.54 Å². The van der Waals surface area contributed by atoms with Gasteiger partial charge in [0, 0.05) is 36.3 Å². The molecule has 7 heteroatoms. The van der Waals surface area contributed by atoms with Crippen LogP contribution in [0.3, 0.4) is 0 Å². The minimum atomic E-state index is -0.283. The van der Waals surface area contributed by atoms with E-state index in [0.717, 1.165) is 33.9 Å². The van der Waals surface area contributed by atoms with E-state index in [1.165, 1.54) is 0 Å². The maximum atomic E-state index is 13.0. The van der Waals surface area contributed by atoms with Gasteiger partial charge in [-0.3, -0.25) is 9.59 Å². The Labute approximate surface area is 178 Å². The van der Waals surface area contributed by atoms with Crippen molar-refractivity contribution in [1.29, 1.82) is 0 Å². The van der Waals surface area contributed by atoms with Crippen molar-refractivity contribution in [3.8, 4) is 0 Å². The van der Waals surface area contributed by atoms with E-state index in [0.29, 0.717) is 25.0 Å². The van der Waals surface area contributed by atoms with Crippen LogP contribution < -0.4 is 10.9 Å². The number of carbonyl (C=O) groups is 1. The number of aryl methyl sites for hydroxylation is 1. The Morgan fingerprint density at radius 1 is 1.06 bits per heavy atom. The van der Waals surface area contributed by atoms with E-state index < -0.39 is 0 Å². The molecule has 3 aromatic heterocycles. The van der Waals surface area contributed by atoms with Gasteiger partial charge in [-0.15, -0.1) is 0 Å². The third-order valence-electron chi connectivity index (χ3n) is 5.61. The molecule has 0 bridgehead atoms. The molecule has 0 radical (unpaired) electrons. The van der Waals surface area contributed by atoms with Gasteiger partial charge in [-0.2, -0.15) is 5.10 Å². The van der Waals surface area contributed by atoms with Crippen LogP contribution in [0.15, 0.2) is 65.6 Å². The molecule has 0 fully saturated rings. The number of hydrogen-bond acceptors (Lipinski definition) is 3. The van der Waals surface area contributed by atoms with Crippen molar-refractivity contribution in [2.45, 2.75) is 26.3 Å². The van der Waals surface area contributed by atoms with Crippen LogP contribution in [0.2, 0.25) is 0 Å². The maximum Gasteiger partial charge on any atom is 0.277 e. The zero-order valence-electron chi connectivity index (χ0n) is 17.3. The monoisotopic (exact) mass is 413 g/mol. The lowest BCUT2D eigenvalue weighted by molar-refractivity contribution is 0.0949. The number of hydrogen-bond donors (Lipinski definition) is 2. The fourth-order valence-electron chi connectivity index (χ4n) is 4.13. The smallest absolute Gasteiger partial charge is 0.277 e. The van der Waals surface area contributed by atoms with Crippen LogP contribution in [0.5, 0.6) is 0 Å². The summed E-state index contributed by atoms with van der Waals surface area (Å²) in [5, 5.41) is 8.55. The Bertz CT molecular complexity index is 1470. The fourth-order valence-corrected chi connectivity index (χ4v) is 4.13. The van der Waals surface area contributed by atoms with Crippen molar-refractivity contribution in [2.24, 2.45) is 0 Å². The summed E-state index contributed by atoms with van der Waals surface area (Å²) >= 11 is 0. The third kappa shape index (κ3) is 3.28. The van der Waals surface area contributed by atoms with E-state index in [4.69, 9.17) is 0 Å². The average molecular weight is 413 g/mol. The zero-order valence-corrected chi connectivity index (χ0v) is 17.3.